The van der Waals surface area contributed by atoms with Crippen molar-refractivity contribution in [3.63, 3.8) is 0 Å². The first-order chi connectivity index (χ1) is 21.1. The number of aliphatic hydroxyl groups excluding tert-OH is 1. The van der Waals surface area contributed by atoms with Gasteiger partial charge in [0.05, 0.1) is 12.0 Å². The molecule has 0 radical (unpaired) electrons. The van der Waals surface area contributed by atoms with Gasteiger partial charge in [0.25, 0.3) is 0 Å². The molecule has 1 amide bonds. The minimum Gasteiger partial charge on any atom is -0.630 e. The van der Waals surface area contributed by atoms with Crippen LogP contribution in [0.4, 0.5) is 13.2 Å². The molecule has 45 heavy (non-hydrogen) atoms. The largest absolute Gasteiger partial charge is 1.00 e. The van der Waals surface area contributed by atoms with E-state index in [2.05, 4.69) is 43.9 Å². The van der Waals surface area contributed by atoms with E-state index in [1.807, 2.05) is 54.6 Å². The zero-order valence-corrected chi connectivity index (χ0v) is 30.2. The third-order valence-electron chi connectivity index (χ3n) is 6.67. The number of nitrogens with zero attached hydrogens (tertiary/aromatic N) is 3. The van der Waals surface area contributed by atoms with Crippen LogP contribution in [-0.2, 0) is 36.4 Å². The van der Waals surface area contributed by atoms with Gasteiger partial charge in [-0.3, -0.25) is 4.79 Å². The van der Waals surface area contributed by atoms with Gasteiger partial charge in [0.15, 0.2) is 5.82 Å². The Morgan fingerprint density at radius 2 is 1.53 bits per heavy atom. The number of rotatable bonds is 13. The molecule has 0 aliphatic rings. The molecular formula is C33H39F3KN4O3P. The summed E-state index contributed by atoms with van der Waals surface area (Å²) in [4.78, 5) is 17.2. The summed E-state index contributed by atoms with van der Waals surface area (Å²) in [5, 5.41) is 21.6. The van der Waals surface area contributed by atoms with E-state index in [0.717, 1.165) is 35.0 Å². The topological polar surface area (TPSA) is 102 Å². The minimum absolute atomic E-state index is 0. The summed E-state index contributed by atoms with van der Waals surface area (Å²) < 4.78 is 43.9. The van der Waals surface area contributed by atoms with E-state index < -0.39 is 30.6 Å². The van der Waals surface area contributed by atoms with E-state index in [1.165, 1.54) is 25.0 Å². The number of carbonyl (C=O) groups excluding carboxylic acids is 1. The van der Waals surface area contributed by atoms with Gasteiger partial charge in [-0.1, -0.05) is 105 Å². The van der Waals surface area contributed by atoms with Gasteiger partial charge in [-0.05, 0) is 53.0 Å². The zero-order chi connectivity index (χ0) is 32.0. The quantitative estimate of drug-likeness (QED) is 0.165. The Hall–Kier alpha value is -1.95. The first-order valence-corrected chi connectivity index (χ1v) is 15.4. The molecule has 3 aromatic carbocycles. The standard InChI is InChI=1S/C29H29F3N4O3P.C4H10.K/c30-29(31,32)23-12-10-21(11-13-23)15-26-35-28(39-36-26)24(17-37)33-25(14-20-6-8-22(18-40)9-7-20)34-27(38)16-19-4-2-1-3-5-19;1-3-4-2;/h1-13,24-25,37H,14-18,40H2,(H,34,38);3-4H2,1-2H3;/q-1;;+1. The van der Waals surface area contributed by atoms with Crippen LogP contribution in [0.15, 0.2) is 83.4 Å². The Morgan fingerprint density at radius 3 is 2.09 bits per heavy atom. The predicted molar refractivity (Wildman–Crippen MR) is 168 cm³/mol. The number of amides is 1. The summed E-state index contributed by atoms with van der Waals surface area (Å²) in [7, 11) is 2.67. The van der Waals surface area contributed by atoms with Crippen molar-refractivity contribution in [3.8, 4) is 0 Å². The molecule has 0 aliphatic carbocycles. The molecule has 4 rings (SSSR count). The third kappa shape index (κ3) is 13.7. The monoisotopic (exact) mass is 666 g/mol. The van der Waals surface area contributed by atoms with Crippen molar-refractivity contribution >= 4 is 15.1 Å². The number of hydrogen-bond acceptors (Lipinski definition) is 5. The van der Waals surface area contributed by atoms with Gasteiger partial charge in [-0.15, -0.1) is 9.24 Å². The van der Waals surface area contributed by atoms with Crippen molar-refractivity contribution in [1.82, 2.24) is 15.5 Å². The number of halogens is 3. The van der Waals surface area contributed by atoms with E-state index >= 15 is 0 Å². The Labute approximate surface area is 307 Å². The molecule has 1 aromatic heterocycles. The SMILES string of the molecule is CCCC.O=C(Cc1ccccc1)NC(Cc1ccc(CP)cc1)[N-]C(CO)c1nc(Cc2ccc(C(F)(F)F)cc2)no1.[K+]. The van der Waals surface area contributed by atoms with Gasteiger partial charge >= 0.3 is 57.6 Å². The Kier molecular flexibility index (Phi) is 17.7. The third-order valence-corrected chi connectivity index (χ3v) is 7.14. The predicted octanol–water partition coefficient (Wildman–Crippen LogP) is 4.20. The van der Waals surface area contributed by atoms with Gasteiger partial charge in [0, 0.05) is 13.0 Å². The van der Waals surface area contributed by atoms with Gasteiger partial charge < -0.3 is 20.3 Å². The van der Waals surface area contributed by atoms with E-state index in [0.29, 0.717) is 12.0 Å². The average molecular weight is 667 g/mol. The van der Waals surface area contributed by atoms with E-state index in [4.69, 9.17) is 4.52 Å². The molecular weight excluding hydrogens is 627 g/mol. The number of hydrogen-bond donors (Lipinski definition) is 2. The molecule has 7 nitrogen and oxygen atoms in total. The van der Waals surface area contributed by atoms with Crippen molar-refractivity contribution in [2.45, 2.75) is 70.5 Å². The van der Waals surface area contributed by atoms with Crippen LogP contribution in [0.2, 0.25) is 0 Å². The molecule has 0 fully saturated rings. The van der Waals surface area contributed by atoms with Crippen molar-refractivity contribution < 1.29 is 79.0 Å². The molecule has 236 valence electrons. The molecule has 0 aliphatic heterocycles. The van der Waals surface area contributed by atoms with Crippen LogP contribution in [0, 0.1) is 0 Å². The maximum absolute atomic E-state index is 12.9. The average Bonchev–Trinajstić information content (AvgIpc) is 3.48. The van der Waals surface area contributed by atoms with Crippen LogP contribution in [0.5, 0.6) is 0 Å². The molecule has 2 N–H and O–H groups in total. The van der Waals surface area contributed by atoms with E-state index in [1.54, 1.807) is 0 Å². The van der Waals surface area contributed by atoms with Crippen molar-refractivity contribution in [3.05, 3.63) is 124 Å². The van der Waals surface area contributed by atoms with Crippen LogP contribution in [0.25, 0.3) is 5.32 Å². The molecule has 0 saturated carbocycles. The maximum atomic E-state index is 12.9. The summed E-state index contributed by atoms with van der Waals surface area (Å²) >= 11 is 0. The number of unbranched alkanes of at least 4 members (excludes halogenated alkanes) is 1. The van der Waals surface area contributed by atoms with Gasteiger partial charge in [-0.2, -0.15) is 18.2 Å². The summed E-state index contributed by atoms with van der Waals surface area (Å²) in [5.41, 5.74) is 2.77. The minimum atomic E-state index is -4.42. The Bertz CT molecular complexity index is 1400. The number of alkyl halides is 3. The van der Waals surface area contributed by atoms with Crippen LogP contribution in [-0.4, -0.2) is 33.9 Å². The first kappa shape index (κ1) is 39.2. The maximum Gasteiger partial charge on any atom is 1.00 e. The second-order valence-corrected chi connectivity index (χ2v) is 10.6. The molecule has 0 bridgehead atoms. The van der Waals surface area contributed by atoms with Crippen LogP contribution in [0.1, 0.15) is 72.3 Å². The Morgan fingerprint density at radius 1 is 0.933 bits per heavy atom. The van der Waals surface area contributed by atoms with Crippen molar-refractivity contribution in [2.75, 3.05) is 6.61 Å². The second kappa shape index (κ2) is 20.3. The van der Waals surface area contributed by atoms with Crippen LogP contribution < -0.4 is 56.7 Å². The van der Waals surface area contributed by atoms with Gasteiger partial charge in [0.2, 0.25) is 11.8 Å². The fourth-order valence-corrected chi connectivity index (χ4v) is 4.34. The number of nitrogens with one attached hydrogen (secondary N) is 1. The molecule has 3 unspecified atom stereocenters. The summed E-state index contributed by atoms with van der Waals surface area (Å²) in [5.74, 6) is 0.0536. The second-order valence-electron chi connectivity index (χ2n) is 10.2. The van der Waals surface area contributed by atoms with E-state index in [9.17, 15) is 23.1 Å². The first-order valence-electron chi connectivity index (χ1n) is 14.6. The van der Waals surface area contributed by atoms with Gasteiger partial charge in [-0.25, -0.2) is 0 Å². The fraction of sp³-hybridized carbons (Fsp3) is 0.364. The van der Waals surface area contributed by atoms with E-state index in [-0.39, 0.29) is 81.8 Å². The number of carbonyl (C=O) groups is 1. The Balaban J connectivity index is 0.00000133. The smallest absolute Gasteiger partial charge is 0.630 e. The number of benzene rings is 3. The van der Waals surface area contributed by atoms with Crippen molar-refractivity contribution in [2.24, 2.45) is 0 Å². The van der Waals surface area contributed by atoms with Crippen LogP contribution >= 0.6 is 9.24 Å². The molecule has 12 heteroatoms. The number of aromatic nitrogens is 2. The zero-order valence-electron chi connectivity index (χ0n) is 25.9. The van der Waals surface area contributed by atoms with Gasteiger partial charge in [0.1, 0.15) is 0 Å². The summed E-state index contributed by atoms with van der Waals surface area (Å²) in [6.45, 7) is 3.92. The van der Waals surface area contributed by atoms with Crippen molar-refractivity contribution in [1.29, 1.82) is 0 Å². The molecule has 0 saturated heterocycles. The summed E-state index contributed by atoms with van der Waals surface area (Å²) in [6.07, 6.45) is -0.973. The van der Waals surface area contributed by atoms with Crippen LogP contribution in [0.3, 0.4) is 0 Å². The molecule has 3 atom stereocenters. The number of aliphatic hydroxyl groups is 1. The molecule has 0 spiro atoms. The summed E-state index contributed by atoms with van der Waals surface area (Å²) in [6, 6.07) is 21.0. The normalized spacial score (nSPS) is 12.3. The molecule has 1 heterocycles. The molecule has 4 aromatic rings. The fourth-order valence-electron chi connectivity index (χ4n) is 4.07.